The Morgan fingerprint density at radius 2 is 2.13 bits per heavy atom. The molecule has 2 heterocycles. The van der Waals surface area contributed by atoms with E-state index in [1.807, 2.05) is 17.0 Å². The lowest BCUT2D eigenvalue weighted by Crippen LogP contribution is -2.31. The Balaban J connectivity index is 1.49. The summed E-state index contributed by atoms with van der Waals surface area (Å²) in [4.78, 5) is 30.5. The fourth-order valence-corrected chi connectivity index (χ4v) is 3.57. The molecule has 1 aliphatic carbocycles. The van der Waals surface area contributed by atoms with Crippen LogP contribution in [0.3, 0.4) is 0 Å². The highest BCUT2D eigenvalue weighted by Gasteiger charge is 2.61. The minimum absolute atomic E-state index is 0.0506. The van der Waals surface area contributed by atoms with Gasteiger partial charge in [-0.05, 0) is 36.5 Å². The molecule has 5 nitrogen and oxygen atoms in total. The lowest BCUT2D eigenvalue weighted by atomic mass is 10.0. The Kier molecular flexibility index (Phi) is 4.37. The minimum Gasteiger partial charge on any atom is -0.352 e. The average Bonchev–Trinajstić information content (AvgIpc) is 3.05. The molecule has 1 saturated heterocycles. The van der Waals surface area contributed by atoms with E-state index in [0.29, 0.717) is 18.9 Å². The number of likely N-dealkylation sites (tertiary alicyclic amines) is 1. The number of nitrogens with zero attached hydrogens (tertiary/aromatic N) is 2. The lowest BCUT2D eigenvalue weighted by molar-refractivity contribution is -0.131. The number of aromatic nitrogens is 1. The number of rotatable bonds is 5. The van der Waals surface area contributed by atoms with Crippen LogP contribution in [-0.2, 0) is 16.1 Å². The summed E-state index contributed by atoms with van der Waals surface area (Å²) in [5.74, 6) is 0.818. The summed E-state index contributed by atoms with van der Waals surface area (Å²) in [7, 11) is 0. The lowest BCUT2D eigenvalue weighted by Gasteiger charge is -2.18. The van der Waals surface area contributed by atoms with Crippen LogP contribution in [-0.4, -0.2) is 34.8 Å². The molecule has 1 N–H and O–H groups in total. The van der Waals surface area contributed by atoms with Crippen molar-refractivity contribution in [2.45, 2.75) is 39.7 Å². The van der Waals surface area contributed by atoms with Gasteiger partial charge in [0, 0.05) is 49.8 Å². The summed E-state index contributed by atoms with van der Waals surface area (Å²) in [6.45, 7) is 6.24. The summed E-state index contributed by atoms with van der Waals surface area (Å²) >= 11 is 0. The molecule has 0 radical (unpaired) electrons. The molecule has 1 aromatic rings. The van der Waals surface area contributed by atoms with Gasteiger partial charge in [-0.1, -0.05) is 13.8 Å². The Bertz CT molecular complexity index is 587. The quantitative estimate of drug-likeness (QED) is 0.904. The monoisotopic (exact) mass is 315 g/mol. The fraction of sp³-hybridized carbons (Fsp3) is 0.611. The van der Waals surface area contributed by atoms with Gasteiger partial charge in [0.15, 0.2) is 0 Å². The molecule has 5 heteroatoms. The van der Waals surface area contributed by atoms with Crippen molar-refractivity contribution in [3.05, 3.63) is 30.1 Å². The van der Waals surface area contributed by atoms with E-state index in [1.165, 1.54) is 0 Å². The first-order chi connectivity index (χ1) is 11.0. The van der Waals surface area contributed by atoms with Crippen molar-refractivity contribution in [3.8, 4) is 0 Å². The molecule has 2 aliphatic rings. The molecule has 1 aromatic heterocycles. The fourth-order valence-electron chi connectivity index (χ4n) is 3.57. The van der Waals surface area contributed by atoms with Crippen LogP contribution >= 0.6 is 0 Å². The van der Waals surface area contributed by atoms with Gasteiger partial charge in [-0.25, -0.2) is 0 Å². The van der Waals surface area contributed by atoms with E-state index >= 15 is 0 Å². The first-order valence-electron chi connectivity index (χ1n) is 8.44. The SMILES string of the molecule is CC(C)CC(=O)N1CCC2(CC2C(=O)NCc2ccncc2)C1. The van der Waals surface area contributed by atoms with E-state index in [-0.39, 0.29) is 23.1 Å². The molecule has 0 bridgehead atoms. The van der Waals surface area contributed by atoms with Gasteiger partial charge < -0.3 is 10.2 Å². The molecule has 2 amide bonds. The van der Waals surface area contributed by atoms with Crippen molar-refractivity contribution >= 4 is 11.8 Å². The smallest absolute Gasteiger partial charge is 0.224 e. The third kappa shape index (κ3) is 3.54. The van der Waals surface area contributed by atoms with Crippen molar-refractivity contribution in [2.24, 2.45) is 17.3 Å². The number of carbonyl (C=O) groups is 2. The molecule has 1 saturated carbocycles. The molecule has 2 atom stereocenters. The van der Waals surface area contributed by atoms with Crippen LogP contribution in [0.4, 0.5) is 0 Å². The third-order valence-corrected chi connectivity index (χ3v) is 5.04. The van der Waals surface area contributed by atoms with Gasteiger partial charge in [0.25, 0.3) is 0 Å². The van der Waals surface area contributed by atoms with Gasteiger partial charge in [-0.15, -0.1) is 0 Å². The van der Waals surface area contributed by atoms with E-state index in [2.05, 4.69) is 24.1 Å². The normalized spacial score (nSPS) is 25.9. The van der Waals surface area contributed by atoms with Crippen LogP contribution in [0.15, 0.2) is 24.5 Å². The maximum Gasteiger partial charge on any atom is 0.224 e. The molecule has 2 unspecified atom stereocenters. The molecule has 0 aromatic carbocycles. The topological polar surface area (TPSA) is 62.3 Å². The maximum absolute atomic E-state index is 12.4. The summed E-state index contributed by atoms with van der Waals surface area (Å²) in [6, 6.07) is 3.82. The highest BCUT2D eigenvalue weighted by molar-refractivity contribution is 5.83. The second-order valence-electron chi connectivity index (χ2n) is 7.36. The van der Waals surface area contributed by atoms with Gasteiger partial charge in [-0.3, -0.25) is 14.6 Å². The first-order valence-corrected chi connectivity index (χ1v) is 8.44. The van der Waals surface area contributed by atoms with E-state index < -0.39 is 0 Å². The second-order valence-corrected chi connectivity index (χ2v) is 7.36. The van der Waals surface area contributed by atoms with Gasteiger partial charge >= 0.3 is 0 Å². The van der Waals surface area contributed by atoms with Crippen LogP contribution in [0.2, 0.25) is 0 Å². The number of amides is 2. The molecule has 2 fully saturated rings. The van der Waals surface area contributed by atoms with Crippen molar-refractivity contribution in [2.75, 3.05) is 13.1 Å². The molecule has 124 valence electrons. The zero-order valence-corrected chi connectivity index (χ0v) is 13.9. The highest BCUT2D eigenvalue weighted by atomic mass is 16.2. The molecule has 23 heavy (non-hydrogen) atoms. The Hall–Kier alpha value is -1.91. The van der Waals surface area contributed by atoms with Gasteiger partial charge in [0.05, 0.1) is 0 Å². The van der Waals surface area contributed by atoms with Gasteiger partial charge in [-0.2, -0.15) is 0 Å². The molecular formula is C18H25N3O2. The van der Waals surface area contributed by atoms with Crippen LogP contribution in [0.25, 0.3) is 0 Å². The van der Waals surface area contributed by atoms with E-state index in [4.69, 9.17) is 0 Å². The van der Waals surface area contributed by atoms with Crippen LogP contribution in [0.5, 0.6) is 0 Å². The predicted octanol–water partition coefficient (Wildman–Crippen LogP) is 1.98. The van der Waals surface area contributed by atoms with Crippen LogP contribution in [0, 0.1) is 17.3 Å². The van der Waals surface area contributed by atoms with Crippen molar-refractivity contribution < 1.29 is 9.59 Å². The molecule has 1 aliphatic heterocycles. The average molecular weight is 315 g/mol. The van der Waals surface area contributed by atoms with Gasteiger partial charge in [0.1, 0.15) is 0 Å². The Morgan fingerprint density at radius 1 is 1.39 bits per heavy atom. The van der Waals surface area contributed by atoms with Crippen molar-refractivity contribution in [1.29, 1.82) is 0 Å². The summed E-state index contributed by atoms with van der Waals surface area (Å²) < 4.78 is 0. The standard InChI is InChI=1S/C18H25N3O2/c1-13(2)9-16(22)21-8-5-18(12-21)10-15(18)17(23)20-11-14-3-6-19-7-4-14/h3-4,6-7,13,15H,5,8-12H2,1-2H3,(H,20,23). The van der Waals surface area contributed by atoms with Crippen LogP contribution in [0.1, 0.15) is 38.7 Å². The van der Waals surface area contributed by atoms with E-state index in [9.17, 15) is 9.59 Å². The zero-order chi connectivity index (χ0) is 16.4. The Morgan fingerprint density at radius 3 is 2.83 bits per heavy atom. The predicted molar refractivity (Wildman–Crippen MR) is 87.3 cm³/mol. The number of pyridine rings is 1. The highest BCUT2D eigenvalue weighted by Crippen LogP contribution is 2.58. The first kappa shape index (κ1) is 16.0. The number of nitrogens with one attached hydrogen (secondary N) is 1. The summed E-state index contributed by atoms with van der Waals surface area (Å²) in [5, 5.41) is 3.02. The second kappa shape index (κ2) is 6.30. The number of hydrogen-bond donors (Lipinski definition) is 1. The largest absolute Gasteiger partial charge is 0.352 e. The van der Waals surface area contributed by atoms with Crippen molar-refractivity contribution in [1.82, 2.24) is 15.2 Å². The van der Waals surface area contributed by atoms with Crippen molar-refractivity contribution in [3.63, 3.8) is 0 Å². The molecular weight excluding hydrogens is 290 g/mol. The zero-order valence-electron chi connectivity index (χ0n) is 13.9. The maximum atomic E-state index is 12.4. The summed E-state index contributed by atoms with van der Waals surface area (Å²) in [5.41, 5.74) is 1.11. The number of hydrogen-bond acceptors (Lipinski definition) is 3. The summed E-state index contributed by atoms with van der Waals surface area (Å²) in [6.07, 6.45) is 5.95. The molecule has 3 rings (SSSR count). The van der Waals surface area contributed by atoms with Crippen LogP contribution < -0.4 is 5.32 Å². The molecule has 1 spiro atoms. The third-order valence-electron chi connectivity index (χ3n) is 5.04. The van der Waals surface area contributed by atoms with E-state index in [0.717, 1.165) is 31.5 Å². The van der Waals surface area contributed by atoms with E-state index in [1.54, 1.807) is 12.4 Å². The van der Waals surface area contributed by atoms with Gasteiger partial charge in [0.2, 0.25) is 11.8 Å². The Labute approximate surface area is 137 Å². The minimum atomic E-state index is 0.0506. The number of carbonyl (C=O) groups excluding carboxylic acids is 2.